The summed E-state index contributed by atoms with van der Waals surface area (Å²) in [5, 5.41) is -0.399. The molecule has 0 atom stereocenters. The molecule has 0 aliphatic rings. The van der Waals surface area contributed by atoms with E-state index in [9.17, 15) is 22.8 Å². The first kappa shape index (κ1) is 18.8. The quantitative estimate of drug-likeness (QED) is 0.539. The number of fused-ring (bicyclic) bond motifs is 1. The van der Waals surface area contributed by atoms with Crippen LogP contribution in [0.2, 0.25) is 5.02 Å². The van der Waals surface area contributed by atoms with Crippen molar-refractivity contribution in [3.63, 3.8) is 0 Å². The zero-order valence-corrected chi connectivity index (χ0v) is 14.6. The third kappa shape index (κ3) is 3.23. The molecule has 0 saturated heterocycles. The van der Waals surface area contributed by atoms with Gasteiger partial charge in [0.2, 0.25) is 5.43 Å². The number of anilines is 1. The van der Waals surface area contributed by atoms with Crippen LogP contribution < -0.4 is 11.2 Å². The van der Waals surface area contributed by atoms with Gasteiger partial charge < -0.3 is 15.0 Å². The van der Waals surface area contributed by atoms with Crippen molar-refractivity contribution >= 4 is 34.2 Å². The number of nitrogens with zero attached hydrogens (tertiary/aromatic N) is 1. The van der Waals surface area contributed by atoms with Crippen LogP contribution in [0.15, 0.2) is 35.3 Å². The molecule has 9 heteroatoms. The minimum Gasteiger partial charge on any atom is -0.462 e. The molecule has 2 aromatic carbocycles. The van der Waals surface area contributed by atoms with Crippen molar-refractivity contribution in [2.75, 3.05) is 12.3 Å². The summed E-state index contributed by atoms with van der Waals surface area (Å²) >= 11 is 6.06. The number of carbonyl (C=O) groups excluding carboxylic acids is 1. The van der Waals surface area contributed by atoms with E-state index in [1.165, 1.54) is 0 Å². The first-order valence-electron chi connectivity index (χ1n) is 7.71. The van der Waals surface area contributed by atoms with Crippen LogP contribution in [0.3, 0.4) is 0 Å². The van der Waals surface area contributed by atoms with Gasteiger partial charge in [0, 0.05) is 12.3 Å². The van der Waals surface area contributed by atoms with Crippen LogP contribution in [0.25, 0.3) is 16.6 Å². The lowest BCUT2D eigenvalue weighted by Gasteiger charge is -2.15. The summed E-state index contributed by atoms with van der Waals surface area (Å²) in [5.41, 5.74) is 4.02. The Morgan fingerprint density at radius 2 is 1.81 bits per heavy atom. The van der Waals surface area contributed by atoms with Gasteiger partial charge in [-0.05, 0) is 25.1 Å². The number of nitrogen functional groups attached to an aromatic ring is 1. The van der Waals surface area contributed by atoms with Gasteiger partial charge in [-0.3, -0.25) is 4.79 Å². The molecule has 0 unspecified atom stereocenters. The van der Waals surface area contributed by atoms with Crippen molar-refractivity contribution in [3.05, 3.63) is 68.7 Å². The Hall–Kier alpha value is -3.00. The van der Waals surface area contributed by atoms with Gasteiger partial charge in [-0.1, -0.05) is 11.6 Å². The van der Waals surface area contributed by atoms with Gasteiger partial charge in [0.05, 0.1) is 33.9 Å². The molecular weight excluding hydrogens is 385 g/mol. The summed E-state index contributed by atoms with van der Waals surface area (Å²) in [4.78, 5) is 24.7. The van der Waals surface area contributed by atoms with Crippen LogP contribution in [0.5, 0.6) is 0 Å². The number of esters is 1. The normalized spacial score (nSPS) is 11.0. The van der Waals surface area contributed by atoms with E-state index in [2.05, 4.69) is 0 Å². The Bertz CT molecular complexity index is 1150. The lowest BCUT2D eigenvalue weighted by atomic mass is 10.1. The zero-order chi connectivity index (χ0) is 19.9. The Morgan fingerprint density at radius 3 is 2.48 bits per heavy atom. The van der Waals surface area contributed by atoms with Crippen molar-refractivity contribution in [1.82, 2.24) is 4.57 Å². The maximum Gasteiger partial charge on any atom is 0.343 e. The second kappa shape index (κ2) is 6.96. The van der Waals surface area contributed by atoms with E-state index in [0.717, 1.165) is 29.0 Å². The third-order valence-electron chi connectivity index (χ3n) is 3.87. The molecule has 1 aromatic heterocycles. The maximum absolute atomic E-state index is 13.8. The van der Waals surface area contributed by atoms with Crippen LogP contribution in [-0.2, 0) is 4.74 Å². The molecule has 140 valence electrons. The van der Waals surface area contributed by atoms with E-state index >= 15 is 0 Å². The summed E-state index contributed by atoms with van der Waals surface area (Å²) < 4.78 is 47.1. The smallest absolute Gasteiger partial charge is 0.343 e. The predicted octanol–water partition coefficient (Wildman–Crippen LogP) is 3.82. The summed E-state index contributed by atoms with van der Waals surface area (Å²) in [6.45, 7) is 1.54. The van der Waals surface area contributed by atoms with Crippen LogP contribution in [0.4, 0.5) is 18.9 Å². The van der Waals surface area contributed by atoms with E-state index in [-0.39, 0.29) is 33.9 Å². The molecule has 0 aliphatic heterocycles. The highest BCUT2D eigenvalue weighted by atomic mass is 35.5. The number of hydrogen-bond acceptors (Lipinski definition) is 4. The monoisotopic (exact) mass is 396 g/mol. The maximum atomic E-state index is 13.8. The van der Waals surface area contributed by atoms with Gasteiger partial charge in [0.15, 0.2) is 11.6 Å². The Kier molecular flexibility index (Phi) is 4.84. The molecule has 0 radical (unpaired) electrons. The fourth-order valence-corrected chi connectivity index (χ4v) is 2.85. The summed E-state index contributed by atoms with van der Waals surface area (Å²) in [6.07, 6.45) is 1.07. The van der Waals surface area contributed by atoms with E-state index in [1.54, 1.807) is 6.92 Å². The first-order valence-corrected chi connectivity index (χ1v) is 8.08. The minimum atomic E-state index is -1.27. The van der Waals surface area contributed by atoms with Crippen LogP contribution in [-0.4, -0.2) is 17.1 Å². The number of ether oxygens (including phenoxy) is 1. The summed E-state index contributed by atoms with van der Waals surface area (Å²) in [7, 11) is 0. The standard InChI is InChI=1S/C18H12ClF3N2O3/c1-2-27-18(26)9-7-24(16-6-14(23)13(22)4-10(16)19)15-5-12(21)11(20)3-8(15)17(9)25/h3-7H,2,23H2,1H3. The Balaban J connectivity index is 2.46. The van der Waals surface area contributed by atoms with Gasteiger partial charge in [-0.15, -0.1) is 0 Å². The first-order chi connectivity index (χ1) is 12.7. The van der Waals surface area contributed by atoms with Crippen LogP contribution in [0, 0.1) is 17.5 Å². The van der Waals surface area contributed by atoms with Gasteiger partial charge in [0.25, 0.3) is 0 Å². The third-order valence-corrected chi connectivity index (χ3v) is 4.17. The molecule has 1 heterocycles. The fourth-order valence-electron chi connectivity index (χ4n) is 2.61. The SMILES string of the molecule is CCOC(=O)c1cn(-c2cc(N)c(F)cc2Cl)c2cc(F)c(F)cc2c1=O. The number of halogens is 4. The fraction of sp³-hybridized carbons (Fsp3) is 0.111. The predicted molar refractivity (Wildman–Crippen MR) is 94.8 cm³/mol. The highest BCUT2D eigenvalue weighted by Crippen LogP contribution is 2.29. The molecule has 27 heavy (non-hydrogen) atoms. The molecule has 0 amide bonds. The van der Waals surface area contributed by atoms with Crippen molar-refractivity contribution in [2.45, 2.75) is 6.92 Å². The molecule has 3 rings (SSSR count). The zero-order valence-electron chi connectivity index (χ0n) is 13.9. The molecular formula is C18H12ClF3N2O3. The topological polar surface area (TPSA) is 74.3 Å². The highest BCUT2D eigenvalue weighted by Gasteiger charge is 2.20. The molecule has 0 fully saturated rings. The number of hydrogen-bond donors (Lipinski definition) is 1. The van der Waals surface area contributed by atoms with Gasteiger partial charge in [-0.25, -0.2) is 18.0 Å². The van der Waals surface area contributed by atoms with Gasteiger partial charge >= 0.3 is 5.97 Å². The number of carbonyl (C=O) groups is 1. The lowest BCUT2D eigenvalue weighted by Crippen LogP contribution is -2.21. The summed E-state index contributed by atoms with van der Waals surface area (Å²) in [5.74, 6) is -4.21. The number of pyridine rings is 1. The number of benzene rings is 2. The van der Waals surface area contributed by atoms with Crippen molar-refractivity contribution in [1.29, 1.82) is 0 Å². The Morgan fingerprint density at radius 1 is 1.15 bits per heavy atom. The molecule has 0 bridgehead atoms. The average molecular weight is 397 g/mol. The van der Waals surface area contributed by atoms with E-state index in [1.807, 2.05) is 0 Å². The van der Waals surface area contributed by atoms with E-state index < -0.39 is 34.4 Å². The molecule has 0 saturated carbocycles. The molecule has 0 spiro atoms. The van der Waals surface area contributed by atoms with Gasteiger partial charge in [0.1, 0.15) is 11.4 Å². The van der Waals surface area contributed by atoms with E-state index in [4.69, 9.17) is 22.1 Å². The largest absolute Gasteiger partial charge is 0.462 e. The molecule has 2 N–H and O–H groups in total. The highest BCUT2D eigenvalue weighted by molar-refractivity contribution is 6.32. The molecule has 5 nitrogen and oxygen atoms in total. The van der Waals surface area contributed by atoms with Crippen molar-refractivity contribution < 1.29 is 22.7 Å². The number of rotatable bonds is 3. The second-order valence-corrected chi connectivity index (χ2v) is 5.98. The van der Waals surface area contributed by atoms with Crippen molar-refractivity contribution in [3.8, 4) is 5.69 Å². The Labute approximate surface area is 155 Å². The lowest BCUT2D eigenvalue weighted by molar-refractivity contribution is 0.0524. The van der Waals surface area contributed by atoms with Crippen molar-refractivity contribution in [2.24, 2.45) is 0 Å². The second-order valence-electron chi connectivity index (χ2n) is 5.57. The average Bonchev–Trinajstić information content (AvgIpc) is 2.61. The molecule has 0 aliphatic carbocycles. The summed E-state index contributed by atoms with van der Waals surface area (Å²) in [6, 6.07) is 3.53. The van der Waals surface area contributed by atoms with Gasteiger partial charge in [-0.2, -0.15) is 0 Å². The minimum absolute atomic E-state index is 0.00164. The molecule has 3 aromatic rings. The van der Waals surface area contributed by atoms with Crippen LogP contribution >= 0.6 is 11.6 Å². The van der Waals surface area contributed by atoms with Crippen LogP contribution in [0.1, 0.15) is 17.3 Å². The number of nitrogens with two attached hydrogens (primary N) is 1. The number of aromatic nitrogens is 1. The van der Waals surface area contributed by atoms with E-state index in [0.29, 0.717) is 6.07 Å².